The van der Waals surface area contributed by atoms with Crippen LogP contribution in [-0.2, 0) is 11.2 Å². The normalized spacial score (nSPS) is 11.0. The van der Waals surface area contributed by atoms with Crippen LogP contribution in [0.5, 0.6) is 0 Å². The third kappa shape index (κ3) is 4.06. The molecule has 0 unspecified atom stereocenters. The summed E-state index contributed by atoms with van der Waals surface area (Å²) in [5, 5.41) is 0. The van der Waals surface area contributed by atoms with Gasteiger partial charge in [0.1, 0.15) is 0 Å². The second-order valence-electron chi connectivity index (χ2n) is 5.26. The van der Waals surface area contributed by atoms with Crippen LogP contribution in [0.2, 0.25) is 0 Å². The fraction of sp³-hybridized carbons (Fsp3) is 0.533. The molecule has 0 fully saturated rings. The topological polar surface area (TPSA) is 52.3 Å². The maximum Gasteiger partial charge on any atom is 0.340 e. The second-order valence-corrected chi connectivity index (χ2v) is 5.26. The van der Waals surface area contributed by atoms with E-state index in [1.54, 1.807) is 6.07 Å². The largest absolute Gasteiger partial charge is 0.459 e. The van der Waals surface area contributed by atoms with Gasteiger partial charge in [-0.3, -0.25) is 0 Å². The molecule has 0 amide bonds. The predicted octanol–water partition coefficient (Wildman–Crippen LogP) is 3.42. The van der Waals surface area contributed by atoms with Crippen molar-refractivity contribution in [3.8, 4) is 0 Å². The van der Waals surface area contributed by atoms with E-state index < -0.39 is 0 Å². The Morgan fingerprint density at radius 2 is 1.94 bits per heavy atom. The lowest BCUT2D eigenvalue weighted by atomic mass is 9.99. The van der Waals surface area contributed by atoms with Gasteiger partial charge in [-0.2, -0.15) is 0 Å². The molecule has 3 heteroatoms. The molecule has 18 heavy (non-hydrogen) atoms. The number of para-hydroxylation sites is 1. The number of carbonyl (C=O) groups is 1. The molecule has 0 aliphatic heterocycles. The SMILES string of the molecule is CC(C)CCc1cccc(C(=O)OC(C)C)c1N. The van der Waals surface area contributed by atoms with E-state index in [-0.39, 0.29) is 12.1 Å². The van der Waals surface area contributed by atoms with Crippen molar-refractivity contribution in [2.24, 2.45) is 5.92 Å². The highest BCUT2D eigenvalue weighted by Gasteiger charge is 2.15. The average Bonchev–Trinajstić information content (AvgIpc) is 2.26. The van der Waals surface area contributed by atoms with Crippen molar-refractivity contribution in [1.82, 2.24) is 0 Å². The summed E-state index contributed by atoms with van der Waals surface area (Å²) in [5.74, 6) is 0.282. The molecule has 0 aliphatic rings. The molecule has 1 aromatic rings. The van der Waals surface area contributed by atoms with Gasteiger partial charge >= 0.3 is 5.97 Å². The van der Waals surface area contributed by atoms with Gasteiger partial charge in [0.15, 0.2) is 0 Å². The molecule has 0 radical (unpaired) electrons. The summed E-state index contributed by atoms with van der Waals surface area (Å²) in [6, 6.07) is 5.56. The lowest BCUT2D eigenvalue weighted by molar-refractivity contribution is 0.0379. The Labute approximate surface area is 109 Å². The van der Waals surface area contributed by atoms with Crippen LogP contribution in [0.1, 0.15) is 50.0 Å². The Morgan fingerprint density at radius 1 is 1.28 bits per heavy atom. The minimum absolute atomic E-state index is 0.128. The maximum absolute atomic E-state index is 11.9. The fourth-order valence-electron chi connectivity index (χ4n) is 1.73. The molecule has 0 saturated carbocycles. The summed E-state index contributed by atoms with van der Waals surface area (Å²) < 4.78 is 5.18. The van der Waals surface area contributed by atoms with Gasteiger partial charge in [-0.15, -0.1) is 0 Å². The van der Waals surface area contributed by atoms with Gasteiger partial charge in [-0.1, -0.05) is 26.0 Å². The number of hydrogen-bond acceptors (Lipinski definition) is 3. The number of carbonyl (C=O) groups excluding carboxylic acids is 1. The van der Waals surface area contributed by atoms with Crippen LogP contribution in [0.4, 0.5) is 5.69 Å². The quantitative estimate of drug-likeness (QED) is 0.642. The van der Waals surface area contributed by atoms with Gasteiger partial charge in [0, 0.05) is 5.69 Å². The molecule has 0 aromatic heterocycles. The van der Waals surface area contributed by atoms with Gasteiger partial charge in [0.2, 0.25) is 0 Å². The van der Waals surface area contributed by atoms with Crippen LogP contribution in [-0.4, -0.2) is 12.1 Å². The first-order valence-corrected chi connectivity index (χ1v) is 6.50. The van der Waals surface area contributed by atoms with E-state index in [2.05, 4.69) is 13.8 Å². The first-order valence-electron chi connectivity index (χ1n) is 6.50. The number of nitrogen functional groups attached to an aromatic ring is 1. The van der Waals surface area contributed by atoms with Crippen molar-refractivity contribution in [2.45, 2.75) is 46.6 Å². The molecular weight excluding hydrogens is 226 g/mol. The van der Waals surface area contributed by atoms with Gasteiger partial charge in [-0.05, 0) is 44.2 Å². The number of rotatable bonds is 5. The molecule has 1 rings (SSSR count). The van der Waals surface area contributed by atoms with E-state index >= 15 is 0 Å². The number of hydrogen-bond donors (Lipinski definition) is 1. The minimum Gasteiger partial charge on any atom is -0.459 e. The van der Waals surface area contributed by atoms with Crippen molar-refractivity contribution in [3.63, 3.8) is 0 Å². The Morgan fingerprint density at radius 3 is 2.50 bits per heavy atom. The molecule has 0 heterocycles. The van der Waals surface area contributed by atoms with Crippen LogP contribution in [0.25, 0.3) is 0 Å². The standard InChI is InChI=1S/C15H23NO2/c1-10(2)8-9-12-6-5-7-13(14(12)16)15(17)18-11(3)4/h5-7,10-11H,8-9,16H2,1-4H3. The van der Waals surface area contributed by atoms with E-state index in [9.17, 15) is 4.79 Å². The number of aryl methyl sites for hydroxylation is 1. The van der Waals surface area contributed by atoms with E-state index in [0.29, 0.717) is 17.2 Å². The summed E-state index contributed by atoms with van der Waals surface area (Å²) in [5.41, 5.74) is 8.11. The minimum atomic E-state index is -0.339. The fourth-order valence-corrected chi connectivity index (χ4v) is 1.73. The summed E-state index contributed by atoms with van der Waals surface area (Å²) in [4.78, 5) is 11.9. The summed E-state index contributed by atoms with van der Waals surface area (Å²) >= 11 is 0. The zero-order valence-corrected chi connectivity index (χ0v) is 11.7. The van der Waals surface area contributed by atoms with Crippen LogP contribution in [0.3, 0.4) is 0 Å². The van der Waals surface area contributed by atoms with Gasteiger partial charge < -0.3 is 10.5 Å². The monoisotopic (exact) mass is 249 g/mol. The number of anilines is 1. The highest BCUT2D eigenvalue weighted by molar-refractivity contribution is 5.95. The van der Waals surface area contributed by atoms with Crippen molar-refractivity contribution >= 4 is 11.7 Å². The zero-order chi connectivity index (χ0) is 13.7. The van der Waals surface area contributed by atoms with Crippen LogP contribution in [0, 0.1) is 5.92 Å². The zero-order valence-electron chi connectivity index (χ0n) is 11.7. The smallest absolute Gasteiger partial charge is 0.340 e. The summed E-state index contributed by atoms with van der Waals surface area (Å²) in [6.45, 7) is 8.01. The third-order valence-electron chi connectivity index (χ3n) is 2.75. The molecular formula is C15H23NO2. The van der Waals surface area contributed by atoms with Crippen molar-refractivity contribution in [2.75, 3.05) is 5.73 Å². The van der Waals surface area contributed by atoms with E-state index in [4.69, 9.17) is 10.5 Å². The molecule has 2 N–H and O–H groups in total. The predicted molar refractivity (Wildman–Crippen MR) is 74.6 cm³/mol. The van der Waals surface area contributed by atoms with Crippen molar-refractivity contribution < 1.29 is 9.53 Å². The second kappa shape index (κ2) is 6.43. The average molecular weight is 249 g/mol. The Balaban J connectivity index is 2.87. The number of esters is 1. The van der Waals surface area contributed by atoms with Gasteiger partial charge in [0.25, 0.3) is 0 Å². The molecule has 3 nitrogen and oxygen atoms in total. The first-order chi connectivity index (χ1) is 8.41. The number of ether oxygens (including phenoxy) is 1. The first kappa shape index (κ1) is 14.6. The Hall–Kier alpha value is -1.51. The van der Waals surface area contributed by atoms with E-state index in [1.165, 1.54) is 0 Å². The van der Waals surface area contributed by atoms with Crippen LogP contribution >= 0.6 is 0 Å². The summed E-state index contributed by atoms with van der Waals surface area (Å²) in [7, 11) is 0. The van der Waals surface area contributed by atoms with Crippen molar-refractivity contribution in [3.05, 3.63) is 29.3 Å². The number of nitrogens with two attached hydrogens (primary N) is 1. The Kier molecular flexibility index (Phi) is 5.20. The summed E-state index contributed by atoms with van der Waals surface area (Å²) in [6.07, 6.45) is 1.83. The molecule has 0 saturated heterocycles. The van der Waals surface area contributed by atoms with Crippen LogP contribution < -0.4 is 5.73 Å². The lowest BCUT2D eigenvalue weighted by Gasteiger charge is -2.13. The number of benzene rings is 1. The third-order valence-corrected chi connectivity index (χ3v) is 2.75. The van der Waals surface area contributed by atoms with E-state index in [1.807, 2.05) is 26.0 Å². The van der Waals surface area contributed by atoms with Gasteiger partial charge in [0.05, 0.1) is 11.7 Å². The van der Waals surface area contributed by atoms with Crippen LogP contribution in [0.15, 0.2) is 18.2 Å². The maximum atomic E-state index is 11.9. The lowest BCUT2D eigenvalue weighted by Crippen LogP contribution is -2.14. The van der Waals surface area contributed by atoms with Crippen molar-refractivity contribution in [1.29, 1.82) is 0 Å². The highest BCUT2D eigenvalue weighted by atomic mass is 16.5. The van der Waals surface area contributed by atoms with E-state index in [0.717, 1.165) is 18.4 Å². The Bertz CT molecular complexity index is 411. The highest BCUT2D eigenvalue weighted by Crippen LogP contribution is 2.21. The molecule has 0 spiro atoms. The molecule has 0 atom stereocenters. The molecule has 0 bridgehead atoms. The van der Waals surface area contributed by atoms with Gasteiger partial charge in [-0.25, -0.2) is 4.79 Å². The molecule has 0 aliphatic carbocycles. The molecule has 1 aromatic carbocycles. The molecule has 100 valence electrons.